The Hall–Kier alpha value is -2.03. The van der Waals surface area contributed by atoms with Gasteiger partial charge in [-0.05, 0) is 55.3 Å². The van der Waals surface area contributed by atoms with E-state index in [2.05, 4.69) is 5.32 Å². The van der Waals surface area contributed by atoms with Crippen LogP contribution in [0.1, 0.15) is 24.1 Å². The summed E-state index contributed by atoms with van der Waals surface area (Å²) in [6.07, 6.45) is 0. The highest BCUT2D eigenvalue weighted by atomic mass is 19.1. The van der Waals surface area contributed by atoms with E-state index in [1.165, 1.54) is 12.1 Å². The normalized spacial score (nSPS) is 12.2. The van der Waals surface area contributed by atoms with Crippen LogP contribution in [0.3, 0.4) is 0 Å². The van der Waals surface area contributed by atoms with E-state index in [4.69, 9.17) is 0 Å². The van der Waals surface area contributed by atoms with E-state index < -0.39 is 0 Å². The molecule has 0 saturated carbocycles. The molecule has 0 saturated heterocycles. The van der Waals surface area contributed by atoms with Gasteiger partial charge >= 0.3 is 0 Å². The Kier molecular flexibility index (Phi) is 3.51. The van der Waals surface area contributed by atoms with Crippen molar-refractivity contribution in [2.75, 3.05) is 5.32 Å². The van der Waals surface area contributed by atoms with Crippen LogP contribution < -0.4 is 5.32 Å². The number of aromatic hydroxyl groups is 1. The first-order valence-electron chi connectivity index (χ1n) is 5.88. The molecule has 94 valence electrons. The number of nitrogens with one attached hydrogen (secondary N) is 1. The smallest absolute Gasteiger partial charge is 0.123 e. The van der Waals surface area contributed by atoms with Crippen LogP contribution in [0.25, 0.3) is 0 Å². The summed E-state index contributed by atoms with van der Waals surface area (Å²) in [4.78, 5) is 0. The van der Waals surface area contributed by atoms with Crippen molar-refractivity contribution in [3.8, 4) is 5.75 Å². The van der Waals surface area contributed by atoms with Gasteiger partial charge in [0.05, 0.1) is 0 Å². The summed E-state index contributed by atoms with van der Waals surface area (Å²) in [6.45, 7) is 3.94. The first kappa shape index (κ1) is 12.4. The summed E-state index contributed by atoms with van der Waals surface area (Å²) in [6, 6.07) is 11.7. The summed E-state index contributed by atoms with van der Waals surface area (Å²) in [5, 5.41) is 12.7. The Labute approximate surface area is 106 Å². The Morgan fingerprint density at radius 1 is 1.11 bits per heavy atom. The summed E-state index contributed by atoms with van der Waals surface area (Å²) < 4.78 is 12.8. The lowest BCUT2D eigenvalue weighted by Crippen LogP contribution is -2.07. The molecule has 2 aromatic carbocycles. The monoisotopic (exact) mass is 245 g/mol. The van der Waals surface area contributed by atoms with Crippen molar-refractivity contribution in [1.29, 1.82) is 0 Å². The lowest BCUT2D eigenvalue weighted by molar-refractivity contribution is 0.475. The quantitative estimate of drug-likeness (QED) is 0.801. The topological polar surface area (TPSA) is 32.3 Å². The predicted octanol–water partition coefficient (Wildman–Crippen LogP) is 4.01. The fourth-order valence-corrected chi connectivity index (χ4v) is 1.88. The molecular formula is C15H16FNO. The second kappa shape index (κ2) is 5.08. The van der Waals surface area contributed by atoms with Crippen LogP contribution in [0.4, 0.5) is 10.1 Å². The van der Waals surface area contributed by atoms with E-state index >= 15 is 0 Å². The molecule has 2 rings (SSSR count). The van der Waals surface area contributed by atoms with Gasteiger partial charge in [-0.2, -0.15) is 0 Å². The minimum atomic E-state index is -0.230. The van der Waals surface area contributed by atoms with Gasteiger partial charge in [0.25, 0.3) is 0 Å². The number of benzene rings is 2. The zero-order chi connectivity index (χ0) is 13.1. The lowest BCUT2D eigenvalue weighted by atomic mass is 10.1. The van der Waals surface area contributed by atoms with Gasteiger partial charge < -0.3 is 10.4 Å². The number of phenols is 1. The van der Waals surface area contributed by atoms with E-state index in [-0.39, 0.29) is 17.6 Å². The van der Waals surface area contributed by atoms with Crippen LogP contribution in [-0.2, 0) is 0 Å². The van der Waals surface area contributed by atoms with Crippen LogP contribution in [-0.4, -0.2) is 5.11 Å². The second-order valence-electron chi connectivity index (χ2n) is 4.42. The predicted molar refractivity (Wildman–Crippen MR) is 71.3 cm³/mol. The van der Waals surface area contributed by atoms with E-state index in [0.717, 1.165) is 16.8 Å². The highest BCUT2D eigenvalue weighted by Crippen LogP contribution is 2.24. The number of hydrogen-bond acceptors (Lipinski definition) is 2. The summed E-state index contributed by atoms with van der Waals surface area (Å²) in [5.41, 5.74) is 2.96. The number of anilines is 1. The highest BCUT2D eigenvalue weighted by Gasteiger charge is 2.07. The van der Waals surface area contributed by atoms with Crippen molar-refractivity contribution in [3.63, 3.8) is 0 Å². The third-order valence-corrected chi connectivity index (χ3v) is 2.95. The molecule has 0 aliphatic heterocycles. The molecule has 0 spiro atoms. The standard InChI is InChI=1S/C15H16FNO/c1-10-9-14(18)7-8-15(10)17-11(2)12-3-5-13(16)6-4-12/h3-9,11,17-18H,1-2H3. The first-order valence-corrected chi connectivity index (χ1v) is 5.88. The van der Waals surface area contributed by atoms with Crippen LogP contribution in [0.5, 0.6) is 5.75 Å². The van der Waals surface area contributed by atoms with Gasteiger partial charge in [-0.25, -0.2) is 4.39 Å². The SMILES string of the molecule is Cc1cc(O)ccc1NC(C)c1ccc(F)cc1. The van der Waals surface area contributed by atoms with Crippen molar-refractivity contribution < 1.29 is 9.50 Å². The Morgan fingerprint density at radius 3 is 2.39 bits per heavy atom. The molecule has 0 aliphatic carbocycles. The summed E-state index contributed by atoms with van der Waals surface area (Å²) >= 11 is 0. The van der Waals surface area contributed by atoms with E-state index in [9.17, 15) is 9.50 Å². The molecule has 0 aliphatic rings. The summed E-state index contributed by atoms with van der Waals surface area (Å²) in [5.74, 6) is 0.0271. The number of hydrogen-bond donors (Lipinski definition) is 2. The molecule has 2 nitrogen and oxygen atoms in total. The second-order valence-corrected chi connectivity index (χ2v) is 4.42. The Morgan fingerprint density at radius 2 is 1.78 bits per heavy atom. The van der Waals surface area contributed by atoms with Crippen molar-refractivity contribution in [1.82, 2.24) is 0 Å². The molecule has 3 heteroatoms. The minimum absolute atomic E-state index is 0.0776. The molecule has 0 bridgehead atoms. The maximum Gasteiger partial charge on any atom is 0.123 e. The first-order chi connectivity index (χ1) is 8.56. The van der Waals surface area contributed by atoms with Crippen molar-refractivity contribution in [2.45, 2.75) is 19.9 Å². The van der Waals surface area contributed by atoms with Gasteiger partial charge in [0.15, 0.2) is 0 Å². The number of halogens is 1. The molecule has 1 atom stereocenters. The maximum atomic E-state index is 12.8. The van der Waals surface area contributed by atoms with Crippen molar-refractivity contribution in [2.24, 2.45) is 0 Å². The molecule has 0 radical (unpaired) electrons. The van der Waals surface area contributed by atoms with E-state index in [1.807, 2.05) is 19.9 Å². The van der Waals surface area contributed by atoms with Crippen LogP contribution in [0, 0.1) is 12.7 Å². The van der Waals surface area contributed by atoms with E-state index in [0.29, 0.717) is 0 Å². The molecule has 18 heavy (non-hydrogen) atoms. The van der Waals surface area contributed by atoms with Crippen molar-refractivity contribution in [3.05, 3.63) is 59.4 Å². The molecule has 0 amide bonds. The lowest BCUT2D eigenvalue weighted by Gasteiger charge is -2.17. The Balaban J connectivity index is 2.15. The average molecular weight is 245 g/mol. The zero-order valence-corrected chi connectivity index (χ0v) is 10.4. The van der Waals surface area contributed by atoms with E-state index in [1.54, 1.807) is 24.3 Å². The van der Waals surface area contributed by atoms with Crippen LogP contribution in [0.2, 0.25) is 0 Å². The van der Waals surface area contributed by atoms with Gasteiger partial charge in [0.1, 0.15) is 11.6 Å². The number of rotatable bonds is 3. The third kappa shape index (κ3) is 2.80. The van der Waals surface area contributed by atoms with Gasteiger partial charge in [0.2, 0.25) is 0 Å². The fourth-order valence-electron chi connectivity index (χ4n) is 1.88. The summed E-state index contributed by atoms with van der Waals surface area (Å²) in [7, 11) is 0. The van der Waals surface area contributed by atoms with Crippen LogP contribution in [0.15, 0.2) is 42.5 Å². The molecule has 0 fully saturated rings. The van der Waals surface area contributed by atoms with Crippen LogP contribution >= 0.6 is 0 Å². The van der Waals surface area contributed by atoms with Crippen molar-refractivity contribution >= 4 is 5.69 Å². The van der Waals surface area contributed by atoms with Gasteiger partial charge in [0, 0.05) is 11.7 Å². The average Bonchev–Trinajstić information content (AvgIpc) is 2.33. The molecule has 0 heterocycles. The highest BCUT2D eigenvalue weighted by molar-refractivity contribution is 5.54. The largest absolute Gasteiger partial charge is 0.508 e. The van der Waals surface area contributed by atoms with Gasteiger partial charge in [-0.1, -0.05) is 12.1 Å². The molecule has 0 aromatic heterocycles. The maximum absolute atomic E-state index is 12.8. The minimum Gasteiger partial charge on any atom is -0.508 e. The van der Waals surface area contributed by atoms with Gasteiger partial charge in [-0.15, -0.1) is 0 Å². The molecular weight excluding hydrogens is 229 g/mol. The van der Waals surface area contributed by atoms with Gasteiger partial charge in [-0.3, -0.25) is 0 Å². The number of phenolic OH excluding ortho intramolecular Hbond substituents is 1. The fraction of sp³-hybridized carbons (Fsp3) is 0.200. The molecule has 1 unspecified atom stereocenters. The zero-order valence-electron chi connectivity index (χ0n) is 10.4. The third-order valence-electron chi connectivity index (χ3n) is 2.95. The molecule has 2 aromatic rings. The molecule has 2 N–H and O–H groups in total. The Bertz CT molecular complexity index is 537. The number of aryl methyl sites for hydroxylation is 1.